The summed E-state index contributed by atoms with van der Waals surface area (Å²) in [4.78, 5) is 15.6. The topological polar surface area (TPSA) is 77.9 Å². The largest absolute Gasteiger partial charge is 0.497 e. The molecule has 0 amide bonds. The van der Waals surface area contributed by atoms with Crippen LogP contribution in [0.2, 0.25) is 0 Å². The average Bonchev–Trinajstić information content (AvgIpc) is 2.85. The second kappa shape index (κ2) is 11.9. The summed E-state index contributed by atoms with van der Waals surface area (Å²) in [6.45, 7) is 2.07. The van der Waals surface area contributed by atoms with Gasteiger partial charge in [0, 0.05) is 23.6 Å². The Morgan fingerprint density at radius 2 is 1.48 bits per heavy atom. The van der Waals surface area contributed by atoms with Crippen molar-refractivity contribution in [2.75, 3.05) is 14.2 Å². The molecule has 1 aromatic heterocycles. The number of pyridine rings is 1. The number of benzene rings is 2. The van der Waals surface area contributed by atoms with Gasteiger partial charge in [-0.3, -0.25) is 4.79 Å². The Kier molecular flexibility index (Phi) is 8.70. The maximum atomic E-state index is 10.7. The van der Waals surface area contributed by atoms with E-state index in [1.165, 1.54) is 0 Å². The van der Waals surface area contributed by atoms with Crippen LogP contribution >= 0.6 is 0 Å². The molecule has 33 heavy (non-hydrogen) atoms. The van der Waals surface area contributed by atoms with Crippen LogP contribution in [0.3, 0.4) is 0 Å². The third-order valence-corrected chi connectivity index (χ3v) is 5.54. The predicted molar refractivity (Wildman–Crippen MR) is 129 cm³/mol. The lowest BCUT2D eigenvalue weighted by Gasteiger charge is -2.18. The normalized spacial score (nSPS) is 11.6. The molecule has 6 heteroatoms. The molecule has 1 N–H and O–H groups in total. The second-order valence-electron chi connectivity index (χ2n) is 7.79. The first-order chi connectivity index (χ1) is 16.0. The van der Waals surface area contributed by atoms with Gasteiger partial charge in [-0.15, -0.1) is 0 Å². The number of methoxy groups -OCH3 is 2. The Labute approximate surface area is 195 Å². The van der Waals surface area contributed by atoms with E-state index in [1.54, 1.807) is 14.2 Å². The highest BCUT2D eigenvalue weighted by molar-refractivity contribution is 5.81. The fraction of sp³-hybridized carbons (Fsp3) is 0.333. The first-order valence-corrected chi connectivity index (χ1v) is 11.2. The number of carboxylic acids is 1. The van der Waals surface area contributed by atoms with E-state index < -0.39 is 5.97 Å². The quantitative estimate of drug-likeness (QED) is 0.330. The minimum absolute atomic E-state index is 0.0122. The van der Waals surface area contributed by atoms with Crippen molar-refractivity contribution in [2.24, 2.45) is 0 Å². The van der Waals surface area contributed by atoms with Gasteiger partial charge in [-0.25, -0.2) is 4.98 Å². The Hall–Kier alpha value is -3.54. The predicted octanol–water partition coefficient (Wildman–Crippen LogP) is 6.24. The zero-order valence-corrected chi connectivity index (χ0v) is 19.4. The van der Waals surface area contributed by atoms with Crippen LogP contribution in [0, 0.1) is 0 Å². The molecule has 0 bridgehead atoms. The number of rotatable bonds is 12. The summed E-state index contributed by atoms with van der Waals surface area (Å²) in [6.07, 6.45) is 3.25. The van der Waals surface area contributed by atoms with Crippen LogP contribution < -0.4 is 14.2 Å². The summed E-state index contributed by atoms with van der Waals surface area (Å²) in [5, 5.41) is 8.84. The molecule has 2 aromatic carbocycles. The molecule has 1 heterocycles. The van der Waals surface area contributed by atoms with E-state index in [0.717, 1.165) is 53.1 Å². The van der Waals surface area contributed by atoms with Crippen LogP contribution in [-0.2, 0) is 4.79 Å². The Morgan fingerprint density at radius 1 is 0.879 bits per heavy atom. The minimum atomic E-state index is -0.760. The summed E-state index contributed by atoms with van der Waals surface area (Å²) < 4.78 is 16.8. The first kappa shape index (κ1) is 24.1. The summed E-state index contributed by atoms with van der Waals surface area (Å²) in [5.41, 5.74) is 3.80. The molecule has 0 saturated heterocycles. The van der Waals surface area contributed by atoms with E-state index in [4.69, 9.17) is 24.3 Å². The third kappa shape index (κ3) is 6.72. The second-order valence-corrected chi connectivity index (χ2v) is 7.79. The maximum absolute atomic E-state index is 10.7. The molecule has 3 aromatic rings. The lowest BCUT2D eigenvalue weighted by atomic mass is 9.99. The number of hydrogen-bond acceptors (Lipinski definition) is 5. The fourth-order valence-electron chi connectivity index (χ4n) is 3.64. The van der Waals surface area contributed by atoms with Crippen molar-refractivity contribution < 1.29 is 24.1 Å². The summed E-state index contributed by atoms with van der Waals surface area (Å²) in [5.74, 6) is 1.38. The summed E-state index contributed by atoms with van der Waals surface area (Å²) in [6, 6.07) is 19.6. The zero-order chi connectivity index (χ0) is 23.6. The highest BCUT2D eigenvalue weighted by atomic mass is 16.5. The van der Waals surface area contributed by atoms with Crippen molar-refractivity contribution in [2.45, 2.75) is 45.1 Å². The number of ether oxygens (including phenoxy) is 3. The Balaban J connectivity index is 1.88. The van der Waals surface area contributed by atoms with E-state index >= 15 is 0 Å². The van der Waals surface area contributed by atoms with Gasteiger partial charge in [-0.1, -0.05) is 19.1 Å². The minimum Gasteiger partial charge on any atom is -0.497 e. The van der Waals surface area contributed by atoms with Crippen LogP contribution in [0.4, 0.5) is 0 Å². The number of aromatic nitrogens is 1. The van der Waals surface area contributed by atoms with Gasteiger partial charge >= 0.3 is 5.97 Å². The lowest BCUT2D eigenvalue weighted by Crippen LogP contribution is -2.16. The lowest BCUT2D eigenvalue weighted by molar-refractivity contribution is -0.137. The molecule has 0 aliphatic carbocycles. The fourth-order valence-corrected chi connectivity index (χ4v) is 3.64. The van der Waals surface area contributed by atoms with Crippen molar-refractivity contribution in [1.82, 2.24) is 4.98 Å². The highest BCUT2D eigenvalue weighted by Gasteiger charge is 2.15. The Bertz CT molecular complexity index is 1030. The third-order valence-electron chi connectivity index (χ3n) is 5.54. The number of unbranched alkanes of at least 4 members (excludes halogenated alkanes) is 1. The smallest absolute Gasteiger partial charge is 0.303 e. The standard InChI is InChI=1S/C27H31NO5/c1-4-21(7-5-6-8-26(29)30)33-25-18-17-24(19-9-13-22(31-2)14-10-19)27(28-25)20-11-15-23(32-3)16-12-20/h9-18,21H,4-8H2,1-3H3,(H,29,30). The first-order valence-electron chi connectivity index (χ1n) is 11.2. The molecule has 0 aliphatic heterocycles. The van der Waals surface area contributed by atoms with Crippen molar-refractivity contribution in [1.29, 1.82) is 0 Å². The van der Waals surface area contributed by atoms with E-state index in [-0.39, 0.29) is 12.5 Å². The van der Waals surface area contributed by atoms with Crippen molar-refractivity contribution >= 4 is 5.97 Å². The molecule has 0 spiro atoms. The maximum Gasteiger partial charge on any atom is 0.303 e. The number of nitrogens with zero attached hydrogens (tertiary/aromatic N) is 1. The van der Waals surface area contributed by atoms with E-state index in [9.17, 15) is 4.79 Å². The number of carbonyl (C=O) groups is 1. The van der Waals surface area contributed by atoms with Crippen molar-refractivity contribution in [3.05, 3.63) is 60.7 Å². The van der Waals surface area contributed by atoms with Crippen LogP contribution in [0.1, 0.15) is 39.0 Å². The summed E-state index contributed by atoms with van der Waals surface area (Å²) >= 11 is 0. The molecule has 1 unspecified atom stereocenters. The van der Waals surface area contributed by atoms with Gasteiger partial charge < -0.3 is 19.3 Å². The molecule has 0 saturated carbocycles. The molecule has 6 nitrogen and oxygen atoms in total. The van der Waals surface area contributed by atoms with Crippen LogP contribution in [-0.4, -0.2) is 36.4 Å². The van der Waals surface area contributed by atoms with Gasteiger partial charge in [0.1, 0.15) is 17.6 Å². The van der Waals surface area contributed by atoms with Gasteiger partial charge in [0.2, 0.25) is 5.88 Å². The number of aliphatic carboxylic acids is 1. The molecular weight excluding hydrogens is 418 g/mol. The monoisotopic (exact) mass is 449 g/mol. The molecular formula is C27H31NO5. The van der Waals surface area contributed by atoms with Gasteiger partial charge in [-0.2, -0.15) is 0 Å². The Morgan fingerprint density at radius 3 is 2.03 bits per heavy atom. The van der Waals surface area contributed by atoms with E-state index in [2.05, 4.69) is 6.92 Å². The van der Waals surface area contributed by atoms with Gasteiger partial charge in [0.25, 0.3) is 0 Å². The van der Waals surface area contributed by atoms with Crippen LogP contribution in [0.25, 0.3) is 22.4 Å². The van der Waals surface area contributed by atoms with Crippen LogP contribution in [0.15, 0.2) is 60.7 Å². The zero-order valence-electron chi connectivity index (χ0n) is 19.4. The van der Waals surface area contributed by atoms with Gasteiger partial charge in [0.15, 0.2) is 0 Å². The molecule has 3 rings (SSSR count). The van der Waals surface area contributed by atoms with Gasteiger partial charge in [0.05, 0.1) is 19.9 Å². The average molecular weight is 450 g/mol. The molecule has 0 aliphatic rings. The molecule has 0 radical (unpaired) electrons. The van der Waals surface area contributed by atoms with Gasteiger partial charge in [-0.05, 0) is 73.7 Å². The molecule has 1 atom stereocenters. The van der Waals surface area contributed by atoms with E-state index in [0.29, 0.717) is 12.3 Å². The molecule has 0 fully saturated rings. The number of carboxylic acid groups (broad SMARTS) is 1. The molecule has 174 valence electrons. The highest BCUT2D eigenvalue weighted by Crippen LogP contribution is 2.34. The van der Waals surface area contributed by atoms with Crippen LogP contribution in [0.5, 0.6) is 17.4 Å². The SMILES string of the molecule is CCC(CCCCC(=O)O)Oc1ccc(-c2ccc(OC)cc2)c(-c2ccc(OC)cc2)n1. The van der Waals surface area contributed by atoms with Crippen molar-refractivity contribution in [3.8, 4) is 39.8 Å². The van der Waals surface area contributed by atoms with E-state index in [1.807, 2.05) is 60.7 Å². The van der Waals surface area contributed by atoms with Crippen molar-refractivity contribution in [3.63, 3.8) is 0 Å². The number of hydrogen-bond donors (Lipinski definition) is 1. The summed E-state index contributed by atoms with van der Waals surface area (Å²) in [7, 11) is 3.29.